The zero-order chi connectivity index (χ0) is 12.3. The molecule has 0 bridgehead atoms. The van der Waals surface area contributed by atoms with Gasteiger partial charge in [0.1, 0.15) is 5.52 Å². The molecule has 0 radical (unpaired) electrons. The van der Waals surface area contributed by atoms with Gasteiger partial charge in [-0.3, -0.25) is 4.98 Å². The molecule has 0 aliphatic heterocycles. The Kier molecular flexibility index (Phi) is 3.46. The SMILES string of the molecule is CC(C)(C)CCCCn1cnc2cnccc21. The number of unbranched alkanes of at least 4 members (excludes halogenated alkanes) is 1. The van der Waals surface area contributed by atoms with E-state index < -0.39 is 0 Å². The molecule has 0 unspecified atom stereocenters. The lowest BCUT2D eigenvalue weighted by atomic mass is 9.90. The second-order valence-electron chi connectivity index (χ2n) is 5.82. The minimum atomic E-state index is 0.445. The summed E-state index contributed by atoms with van der Waals surface area (Å²) < 4.78 is 2.22. The summed E-state index contributed by atoms with van der Waals surface area (Å²) in [5.41, 5.74) is 2.63. The summed E-state index contributed by atoms with van der Waals surface area (Å²) in [4.78, 5) is 8.43. The van der Waals surface area contributed by atoms with Gasteiger partial charge in [-0.25, -0.2) is 4.98 Å². The lowest BCUT2D eigenvalue weighted by molar-refractivity contribution is 0.355. The third kappa shape index (κ3) is 3.29. The number of fused-ring (bicyclic) bond motifs is 1. The van der Waals surface area contributed by atoms with Gasteiger partial charge in [-0.2, -0.15) is 0 Å². The maximum Gasteiger partial charge on any atom is 0.107 e. The molecule has 2 aromatic heterocycles. The number of aromatic nitrogens is 3. The lowest BCUT2D eigenvalue weighted by Crippen LogP contribution is -2.05. The Bertz CT molecular complexity index is 479. The van der Waals surface area contributed by atoms with Crippen molar-refractivity contribution in [2.24, 2.45) is 5.41 Å². The van der Waals surface area contributed by atoms with Gasteiger partial charge in [-0.15, -0.1) is 0 Å². The van der Waals surface area contributed by atoms with E-state index >= 15 is 0 Å². The molecule has 0 aliphatic rings. The molecule has 0 fully saturated rings. The van der Waals surface area contributed by atoms with E-state index in [2.05, 4.69) is 35.3 Å². The smallest absolute Gasteiger partial charge is 0.107 e. The zero-order valence-electron chi connectivity index (χ0n) is 11.0. The highest BCUT2D eigenvalue weighted by atomic mass is 15.0. The second kappa shape index (κ2) is 4.86. The molecule has 92 valence electrons. The Balaban J connectivity index is 1.91. The van der Waals surface area contributed by atoms with Crippen molar-refractivity contribution in [2.45, 2.75) is 46.6 Å². The Labute approximate surface area is 103 Å². The highest BCUT2D eigenvalue weighted by Gasteiger charge is 2.09. The number of hydrogen-bond donors (Lipinski definition) is 0. The largest absolute Gasteiger partial charge is 0.331 e. The van der Waals surface area contributed by atoms with E-state index in [1.165, 1.54) is 24.8 Å². The number of hydrogen-bond acceptors (Lipinski definition) is 2. The first-order chi connectivity index (χ1) is 8.06. The predicted molar refractivity (Wildman–Crippen MR) is 70.8 cm³/mol. The van der Waals surface area contributed by atoms with E-state index in [4.69, 9.17) is 0 Å². The van der Waals surface area contributed by atoms with E-state index in [-0.39, 0.29) is 0 Å². The number of pyridine rings is 1. The highest BCUT2D eigenvalue weighted by Crippen LogP contribution is 2.22. The molecule has 2 rings (SSSR count). The van der Waals surface area contributed by atoms with Crippen LogP contribution in [0.2, 0.25) is 0 Å². The van der Waals surface area contributed by atoms with Gasteiger partial charge in [0, 0.05) is 12.7 Å². The van der Waals surface area contributed by atoms with Crippen molar-refractivity contribution in [3.05, 3.63) is 24.8 Å². The molecule has 0 aromatic carbocycles. The molecule has 3 heteroatoms. The van der Waals surface area contributed by atoms with E-state index in [0.717, 1.165) is 12.1 Å². The van der Waals surface area contributed by atoms with Crippen molar-refractivity contribution < 1.29 is 0 Å². The summed E-state index contributed by atoms with van der Waals surface area (Å²) in [6.45, 7) is 7.94. The van der Waals surface area contributed by atoms with E-state index in [0.29, 0.717) is 5.41 Å². The monoisotopic (exact) mass is 231 g/mol. The average molecular weight is 231 g/mol. The molecule has 0 saturated heterocycles. The molecular formula is C14H21N3. The van der Waals surface area contributed by atoms with Crippen molar-refractivity contribution in [3.63, 3.8) is 0 Å². The fourth-order valence-electron chi connectivity index (χ4n) is 2.03. The summed E-state index contributed by atoms with van der Waals surface area (Å²) in [7, 11) is 0. The van der Waals surface area contributed by atoms with Crippen molar-refractivity contribution in [1.29, 1.82) is 0 Å². The van der Waals surface area contributed by atoms with Crippen LogP contribution in [0, 0.1) is 5.41 Å². The Hall–Kier alpha value is -1.38. The first-order valence-electron chi connectivity index (χ1n) is 6.31. The van der Waals surface area contributed by atoms with Gasteiger partial charge in [0.05, 0.1) is 18.0 Å². The van der Waals surface area contributed by atoms with Crippen LogP contribution in [0.3, 0.4) is 0 Å². The Morgan fingerprint density at radius 3 is 2.82 bits per heavy atom. The van der Waals surface area contributed by atoms with Crippen LogP contribution in [0.5, 0.6) is 0 Å². The summed E-state index contributed by atoms with van der Waals surface area (Å²) in [5.74, 6) is 0. The van der Waals surface area contributed by atoms with Crippen molar-refractivity contribution >= 4 is 11.0 Å². The quantitative estimate of drug-likeness (QED) is 0.752. The van der Waals surface area contributed by atoms with Crippen LogP contribution in [0.1, 0.15) is 40.0 Å². The molecule has 0 N–H and O–H groups in total. The summed E-state index contributed by atoms with van der Waals surface area (Å²) in [6.07, 6.45) is 9.33. The number of nitrogens with zero attached hydrogens (tertiary/aromatic N) is 3. The van der Waals surface area contributed by atoms with Gasteiger partial charge < -0.3 is 4.57 Å². The highest BCUT2D eigenvalue weighted by molar-refractivity contribution is 5.73. The molecule has 0 aliphatic carbocycles. The number of rotatable bonds is 4. The standard InChI is InChI=1S/C14H21N3/c1-14(2,3)7-4-5-9-17-11-16-12-10-15-8-6-13(12)17/h6,8,10-11H,4-5,7,9H2,1-3H3. The van der Waals surface area contributed by atoms with Gasteiger partial charge >= 0.3 is 0 Å². The molecule has 3 nitrogen and oxygen atoms in total. The maximum absolute atomic E-state index is 4.35. The Morgan fingerprint density at radius 1 is 1.24 bits per heavy atom. The third-order valence-electron chi connectivity index (χ3n) is 3.00. The van der Waals surface area contributed by atoms with Crippen LogP contribution in [-0.4, -0.2) is 14.5 Å². The van der Waals surface area contributed by atoms with Crippen molar-refractivity contribution in [1.82, 2.24) is 14.5 Å². The topological polar surface area (TPSA) is 30.7 Å². The minimum absolute atomic E-state index is 0.445. The number of imidazole rings is 1. The van der Waals surface area contributed by atoms with Gasteiger partial charge in [-0.05, 0) is 24.3 Å². The van der Waals surface area contributed by atoms with E-state index in [9.17, 15) is 0 Å². The fraction of sp³-hybridized carbons (Fsp3) is 0.571. The fourth-order valence-corrected chi connectivity index (χ4v) is 2.03. The molecule has 2 aromatic rings. The first-order valence-corrected chi connectivity index (χ1v) is 6.31. The van der Waals surface area contributed by atoms with Crippen molar-refractivity contribution in [3.8, 4) is 0 Å². The molecule has 0 saturated carbocycles. The summed E-state index contributed by atoms with van der Waals surface area (Å²) in [5, 5.41) is 0. The zero-order valence-corrected chi connectivity index (χ0v) is 11.0. The number of aryl methyl sites for hydroxylation is 1. The lowest BCUT2D eigenvalue weighted by Gasteiger charge is -2.17. The van der Waals surface area contributed by atoms with Crippen LogP contribution in [0.25, 0.3) is 11.0 Å². The van der Waals surface area contributed by atoms with Gasteiger partial charge in [0.2, 0.25) is 0 Å². The Morgan fingerprint density at radius 2 is 2.06 bits per heavy atom. The molecule has 2 heterocycles. The summed E-state index contributed by atoms with van der Waals surface area (Å²) >= 11 is 0. The van der Waals surface area contributed by atoms with Crippen LogP contribution >= 0.6 is 0 Å². The average Bonchev–Trinajstić information content (AvgIpc) is 2.67. The van der Waals surface area contributed by atoms with Gasteiger partial charge in [-0.1, -0.05) is 27.2 Å². The van der Waals surface area contributed by atoms with Crippen LogP contribution in [0.15, 0.2) is 24.8 Å². The molecule has 0 amide bonds. The van der Waals surface area contributed by atoms with Gasteiger partial charge in [0.25, 0.3) is 0 Å². The normalized spacial score (nSPS) is 12.2. The van der Waals surface area contributed by atoms with Crippen LogP contribution < -0.4 is 0 Å². The van der Waals surface area contributed by atoms with E-state index in [1.54, 1.807) is 0 Å². The second-order valence-corrected chi connectivity index (χ2v) is 5.82. The van der Waals surface area contributed by atoms with Gasteiger partial charge in [0.15, 0.2) is 0 Å². The molecule has 0 spiro atoms. The van der Waals surface area contributed by atoms with E-state index in [1.807, 2.05) is 24.8 Å². The van der Waals surface area contributed by atoms with Crippen LogP contribution in [-0.2, 0) is 6.54 Å². The molecule has 0 atom stereocenters. The summed E-state index contributed by atoms with van der Waals surface area (Å²) in [6, 6.07) is 2.03. The third-order valence-corrected chi connectivity index (χ3v) is 3.00. The molecule has 17 heavy (non-hydrogen) atoms. The minimum Gasteiger partial charge on any atom is -0.331 e. The maximum atomic E-state index is 4.35. The first kappa shape index (κ1) is 12.1. The predicted octanol–water partition coefficient (Wildman–Crippen LogP) is 3.65. The van der Waals surface area contributed by atoms with Crippen molar-refractivity contribution in [2.75, 3.05) is 0 Å². The molecular weight excluding hydrogens is 210 g/mol. The van der Waals surface area contributed by atoms with Crippen LogP contribution in [0.4, 0.5) is 0 Å².